The Hall–Kier alpha value is -1.81. The molecule has 2 atom stereocenters. The van der Waals surface area contributed by atoms with Gasteiger partial charge in [0.15, 0.2) is 0 Å². The Labute approximate surface area is 153 Å². The second kappa shape index (κ2) is 6.17. The zero-order valence-corrected chi connectivity index (χ0v) is 16.0. The maximum Gasteiger partial charge on any atom is 0.256 e. The highest BCUT2D eigenvalue weighted by Gasteiger charge is 2.37. The fraction of sp³-hybridized carbons (Fsp3) is 0.476. The second-order valence-electron chi connectivity index (χ2n) is 7.95. The van der Waals surface area contributed by atoms with Crippen molar-refractivity contribution in [3.8, 4) is 0 Å². The Morgan fingerprint density at radius 1 is 1.20 bits per heavy atom. The van der Waals surface area contributed by atoms with Gasteiger partial charge in [0, 0.05) is 4.88 Å². The lowest BCUT2D eigenvalue weighted by molar-refractivity contribution is 0.0934. The van der Waals surface area contributed by atoms with Crippen molar-refractivity contribution in [1.29, 1.82) is 0 Å². The quantitative estimate of drug-likeness (QED) is 0.801. The van der Waals surface area contributed by atoms with Crippen LogP contribution in [-0.2, 0) is 12.8 Å². The molecule has 0 saturated heterocycles. The summed E-state index contributed by atoms with van der Waals surface area (Å²) in [4.78, 5) is 14.2. The molecule has 1 aliphatic heterocycles. The first-order chi connectivity index (χ1) is 12.0. The van der Waals surface area contributed by atoms with Crippen molar-refractivity contribution >= 4 is 22.2 Å². The van der Waals surface area contributed by atoms with E-state index in [-0.39, 0.29) is 12.1 Å². The Morgan fingerprint density at radius 2 is 1.96 bits per heavy atom. The molecule has 25 heavy (non-hydrogen) atoms. The molecule has 1 aromatic heterocycles. The number of thiophene rings is 1. The molecule has 2 heterocycles. The molecule has 0 saturated carbocycles. The number of amides is 1. The number of benzene rings is 1. The van der Waals surface area contributed by atoms with Gasteiger partial charge in [-0.15, -0.1) is 11.3 Å². The Balaban J connectivity index is 1.64. The van der Waals surface area contributed by atoms with E-state index >= 15 is 0 Å². The molecule has 4 heteroatoms. The number of hydrogen-bond donors (Lipinski definition) is 2. The van der Waals surface area contributed by atoms with Crippen molar-refractivity contribution in [2.75, 3.05) is 5.32 Å². The number of carbonyl (C=O) groups excluding carboxylic acids is 1. The minimum Gasteiger partial charge on any atom is -0.353 e. The summed E-state index contributed by atoms with van der Waals surface area (Å²) in [6.07, 6.45) is 4.39. The van der Waals surface area contributed by atoms with E-state index < -0.39 is 0 Å². The molecule has 1 amide bonds. The van der Waals surface area contributed by atoms with Gasteiger partial charge in [0.1, 0.15) is 11.2 Å². The van der Waals surface area contributed by atoms with E-state index in [2.05, 4.69) is 43.5 Å². The summed E-state index contributed by atoms with van der Waals surface area (Å²) < 4.78 is 0. The number of anilines is 1. The van der Waals surface area contributed by atoms with E-state index in [0.29, 0.717) is 11.3 Å². The summed E-state index contributed by atoms with van der Waals surface area (Å²) in [5, 5.41) is 7.74. The molecule has 132 valence electrons. The minimum absolute atomic E-state index is 0.0771. The number of rotatable bonds is 3. The van der Waals surface area contributed by atoms with E-state index in [1.165, 1.54) is 23.3 Å². The van der Waals surface area contributed by atoms with Crippen LogP contribution in [0.4, 0.5) is 5.00 Å². The van der Waals surface area contributed by atoms with E-state index in [4.69, 9.17) is 0 Å². The van der Waals surface area contributed by atoms with Crippen LogP contribution in [-0.4, -0.2) is 5.91 Å². The lowest BCUT2D eigenvalue weighted by atomic mass is 9.69. The number of nitrogens with one attached hydrogen (secondary N) is 2. The van der Waals surface area contributed by atoms with Crippen molar-refractivity contribution in [2.24, 2.45) is 11.3 Å². The summed E-state index contributed by atoms with van der Waals surface area (Å²) in [7, 11) is 0. The smallest absolute Gasteiger partial charge is 0.256 e. The maximum atomic E-state index is 12.8. The molecule has 2 aliphatic rings. The molecule has 3 nitrogen and oxygen atoms in total. The van der Waals surface area contributed by atoms with Gasteiger partial charge in [0.25, 0.3) is 5.91 Å². The molecule has 0 fully saturated rings. The largest absolute Gasteiger partial charge is 0.353 e. The van der Waals surface area contributed by atoms with Gasteiger partial charge in [-0.2, -0.15) is 0 Å². The third kappa shape index (κ3) is 2.86. The highest BCUT2D eigenvalue weighted by molar-refractivity contribution is 7.16. The summed E-state index contributed by atoms with van der Waals surface area (Å²) in [6, 6.07) is 10.1. The van der Waals surface area contributed by atoms with E-state index in [0.717, 1.165) is 29.0 Å². The van der Waals surface area contributed by atoms with Crippen LogP contribution in [0, 0.1) is 11.3 Å². The van der Waals surface area contributed by atoms with Crippen molar-refractivity contribution in [2.45, 2.75) is 52.6 Å². The molecule has 1 aliphatic carbocycles. The molecule has 2 aromatic rings. The fourth-order valence-corrected chi connectivity index (χ4v) is 5.42. The third-order valence-corrected chi connectivity index (χ3v) is 7.38. The van der Waals surface area contributed by atoms with Gasteiger partial charge in [-0.25, -0.2) is 0 Å². The lowest BCUT2D eigenvalue weighted by Gasteiger charge is -2.36. The summed E-state index contributed by atoms with van der Waals surface area (Å²) in [6.45, 7) is 7.05. The molecule has 1 aromatic carbocycles. The molecular weight excluding hydrogens is 328 g/mol. The van der Waals surface area contributed by atoms with Gasteiger partial charge in [0.2, 0.25) is 0 Å². The molecule has 0 unspecified atom stereocenters. The van der Waals surface area contributed by atoms with Gasteiger partial charge >= 0.3 is 0 Å². The standard InChI is InChI=1S/C21H26N2OS/c1-4-21(2,3)14-10-11-15-16(12-14)25-20-17(15)19(24)22-18(23-20)13-8-6-5-7-9-13/h5-9,14,18,23H,4,10-12H2,1-3H3,(H,22,24)/t14-,18-/m1/s1. The van der Waals surface area contributed by atoms with Gasteiger partial charge < -0.3 is 10.6 Å². The van der Waals surface area contributed by atoms with E-state index in [9.17, 15) is 4.79 Å². The van der Waals surface area contributed by atoms with Crippen molar-refractivity contribution in [3.05, 3.63) is 51.9 Å². The molecule has 2 N–H and O–H groups in total. The average molecular weight is 355 g/mol. The maximum absolute atomic E-state index is 12.8. The Bertz CT molecular complexity index is 794. The van der Waals surface area contributed by atoms with Crippen molar-refractivity contribution < 1.29 is 4.79 Å². The van der Waals surface area contributed by atoms with Gasteiger partial charge in [-0.3, -0.25) is 4.79 Å². The predicted octanol–water partition coefficient (Wildman–Crippen LogP) is 5.14. The van der Waals surface area contributed by atoms with Crippen LogP contribution >= 0.6 is 11.3 Å². The topological polar surface area (TPSA) is 41.1 Å². The van der Waals surface area contributed by atoms with E-state index in [1.807, 2.05) is 18.2 Å². The first-order valence-corrected chi connectivity index (χ1v) is 10.1. The summed E-state index contributed by atoms with van der Waals surface area (Å²) in [5.41, 5.74) is 3.65. The van der Waals surface area contributed by atoms with Crippen LogP contribution < -0.4 is 10.6 Å². The number of fused-ring (bicyclic) bond motifs is 3. The normalized spacial score (nSPS) is 22.6. The van der Waals surface area contributed by atoms with Gasteiger partial charge in [-0.1, -0.05) is 57.5 Å². The molecule has 0 spiro atoms. The monoisotopic (exact) mass is 354 g/mol. The van der Waals surface area contributed by atoms with Crippen LogP contribution in [0.25, 0.3) is 0 Å². The minimum atomic E-state index is -0.135. The Morgan fingerprint density at radius 3 is 2.68 bits per heavy atom. The fourth-order valence-electron chi connectivity index (χ4n) is 4.07. The van der Waals surface area contributed by atoms with Crippen LogP contribution in [0.15, 0.2) is 30.3 Å². The van der Waals surface area contributed by atoms with Crippen molar-refractivity contribution in [3.63, 3.8) is 0 Å². The number of hydrogen-bond acceptors (Lipinski definition) is 3. The van der Waals surface area contributed by atoms with Crippen LogP contribution in [0.3, 0.4) is 0 Å². The third-order valence-electron chi connectivity index (χ3n) is 6.19. The lowest BCUT2D eigenvalue weighted by Crippen LogP contribution is -2.38. The van der Waals surface area contributed by atoms with Crippen LogP contribution in [0.2, 0.25) is 0 Å². The second-order valence-corrected chi connectivity index (χ2v) is 9.06. The SMILES string of the molecule is CCC(C)(C)[C@@H]1CCc2c(sc3c2C(=O)N[C@@H](c2ccccc2)N3)C1. The summed E-state index contributed by atoms with van der Waals surface area (Å²) >= 11 is 1.80. The van der Waals surface area contributed by atoms with Crippen LogP contribution in [0.5, 0.6) is 0 Å². The first kappa shape index (κ1) is 16.6. The Kier molecular flexibility index (Phi) is 4.11. The highest BCUT2D eigenvalue weighted by atomic mass is 32.1. The zero-order chi connectivity index (χ0) is 17.6. The van der Waals surface area contributed by atoms with Gasteiger partial charge in [0.05, 0.1) is 5.56 Å². The highest BCUT2D eigenvalue weighted by Crippen LogP contribution is 2.46. The molecule has 0 bridgehead atoms. The molecule has 0 radical (unpaired) electrons. The molecule has 4 rings (SSSR count). The molecular formula is C21H26N2OS. The van der Waals surface area contributed by atoms with Crippen LogP contribution in [0.1, 0.15) is 66.1 Å². The number of carbonyl (C=O) groups is 1. The first-order valence-electron chi connectivity index (χ1n) is 9.26. The van der Waals surface area contributed by atoms with E-state index in [1.54, 1.807) is 11.3 Å². The average Bonchev–Trinajstić information content (AvgIpc) is 3.00. The van der Waals surface area contributed by atoms with Crippen molar-refractivity contribution in [1.82, 2.24) is 5.32 Å². The van der Waals surface area contributed by atoms with Gasteiger partial charge in [-0.05, 0) is 41.7 Å². The summed E-state index contributed by atoms with van der Waals surface area (Å²) in [5.74, 6) is 0.784. The predicted molar refractivity (Wildman–Crippen MR) is 104 cm³/mol. The zero-order valence-electron chi connectivity index (χ0n) is 15.2.